The summed E-state index contributed by atoms with van der Waals surface area (Å²) in [5, 5.41) is 14.4. The van der Waals surface area contributed by atoms with Crippen molar-refractivity contribution in [2.24, 2.45) is 0 Å². The molecule has 0 bridgehead atoms. The summed E-state index contributed by atoms with van der Waals surface area (Å²) in [6.45, 7) is 0. The highest BCUT2D eigenvalue weighted by atomic mass is 19.4. The zero-order chi connectivity index (χ0) is 17.6. The van der Waals surface area contributed by atoms with E-state index in [-0.39, 0.29) is 23.0 Å². The van der Waals surface area contributed by atoms with Crippen molar-refractivity contribution in [3.63, 3.8) is 0 Å². The SMILES string of the molecule is N#Cc1ccn2c(-c3c[nH]cn3)c(-c3nc(C(F)(F)F)n[nH]3)nc2n1. The molecule has 0 saturated carbocycles. The Hall–Kier alpha value is -3.75. The molecule has 0 amide bonds. The lowest BCUT2D eigenvalue weighted by Gasteiger charge is -2.00. The average molecular weight is 345 g/mol. The Morgan fingerprint density at radius 1 is 1.20 bits per heavy atom. The van der Waals surface area contributed by atoms with Gasteiger partial charge in [-0.1, -0.05) is 0 Å². The van der Waals surface area contributed by atoms with E-state index in [9.17, 15) is 13.2 Å². The lowest BCUT2D eigenvalue weighted by atomic mass is 10.2. The molecule has 2 N–H and O–H groups in total. The van der Waals surface area contributed by atoms with E-state index in [2.05, 4.69) is 35.1 Å². The van der Waals surface area contributed by atoms with Crippen molar-refractivity contribution < 1.29 is 13.2 Å². The van der Waals surface area contributed by atoms with E-state index in [0.29, 0.717) is 11.4 Å². The van der Waals surface area contributed by atoms with Crippen molar-refractivity contribution >= 4 is 5.78 Å². The van der Waals surface area contributed by atoms with Crippen LogP contribution in [-0.2, 0) is 6.18 Å². The minimum Gasteiger partial charge on any atom is -0.351 e. The van der Waals surface area contributed by atoms with Gasteiger partial charge >= 0.3 is 6.18 Å². The zero-order valence-electron chi connectivity index (χ0n) is 12.1. The lowest BCUT2D eigenvalue weighted by Crippen LogP contribution is -2.07. The van der Waals surface area contributed by atoms with Crippen molar-refractivity contribution in [3.8, 4) is 29.0 Å². The molecule has 9 nitrogen and oxygen atoms in total. The number of imidazole rings is 2. The van der Waals surface area contributed by atoms with Crippen molar-refractivity contribution in [1.82, 2.24) is 39.5 Å². The molecule has 4 heterocycles. The molecule has 0 spiro atoms. The Bertz CT molecular complexity index is 1100. The van der Waals surface area contributed by atoms with Gasteiger partial charge in [0, 0.05) is 12.4 Å². The highest BCUT2D eigenvalue weighted by Crippen LogP contribution is 2.32. The third kappa shape index (κ3) is 2.38. The fourth-order valence-electron chi connectivity index (χ4n) is 2.29. The molecule has 25 heavy (non-hydrogen) atoms. The van der Waals surface area contributed by atoms with Crippen molar-refractivity contribution in [1.29, 1.82) is 5.26 Å². The van der Waals surface area contributed by atoms with Crippen LogP contribution in [0, 0.1) is 11.3 Å². The Morgan fingerprint density at radius 2 is 2.04 bits per heavy atom. The average Bonchev–Trinajstić information content (AvgIpc) is 3.30. The van der Waals surface area contributed by atoms with Gasteiger partial charge in [0.2, 0.25) is 5.78 Å². The number of hydrogen-bond acceptors (Lipinski definition) is 6. The van der Waals surface area contributed by atoms with E-state index in [1.165, 1.54) is 23.0 Å². The van der Waals surface area contributed by atoms with Crippen LogP contribution in [0.25, 0.3) is 28.7 Å². The highest BCUT2D eigenvalue weighted by Gasteiger charge is 2.36. The number of fused-ring (bicyclic) bond motifs is 1. The van der Waals surface area contributed by atoms with E-state index in [1.807, 2.05) is 6.07 Å². The molecule has 4 aromatic rings. The predicted molar refractivity (Wildman–Crippen MR) is 75.7 cm³/mol. The Balaban J connectivity index is 1.98. The number of rotatable bonds is 2. The number of aromatic amines is 2. The number of hydrogen-bond donors (Lipinski definition) is 2. The molecule has 0 aliphatic heterocycles. The summed E-state index contributed by atoms with van der Waals surface area (Å²) in [5.41, 5.74) is 0.973. The highest BCUT2D eigenvalue weighted by molar-refractivity contribution is 5.76. The van der Waals surface area contributed by atoms with Crippen molar-refractivity contribution in [2.75, 3.05) is 0 Å². The molecule has 4 rings (SSSR count). The lowest BCUT2D eigenvalue weighted by molar-refractivity contribution is -0.144. The zero-order valence-corrected chi connectivity index (χ0v) is 12.1. The Morgan fingerprint density at radius 3 is 2.68 bits per heavy atom. The summed E-state index contributed by atoms with van der Waals surface area (Å²) in [5.74, 6) is -1.37. The second kappa shape index (κ2) is 5.13. The monoisotopic (exact) mass is 345 g/mol. The smallest absolute Gasteiger partial charge is 0.351 e. The third-order valence-corrected chi connectivity index (χ3v) is 3.31. The van der Waals surface area contributed by atoms with Crippen LogP contribution >= 0.6 is 0 Å². The first-order valence-corrected chi connectivity index (χ1v) is 6.75. The minimum atomic E-state index is -4.69. The van der Waals surface area contributed by atoms with Crippen LogP contribution in [0.4, 0.5) is 13.2 Å². The number of halogens is 3. The number of alkyl halides is 3. The first-order chi connectivity index (χ1) is 12.0. The maximum absolute atomic E-state index is 12.8. The van der Waals surface area contributed by atoms with Gasteiger partial charge in [-0.2, -0.15) is 18.4 Å². The Kier molecular flexibility index (Phi) is 3.04. The maximum atomic E-state index is 12.8. The van der Waals surface area contributed by atoms with Crippen LogP contribution in [-0.4, -0.2) is 39.5 Å². The first kappa shape index (κ1) is 14.8. The molecule has 0 aliphatic carbocycles. The second-order valence-corrected chi connectivity index (χ2v) is 4.86. The van der Waals surface area contributed by atoms with Crippen LogP contribution in [0.3, 0.4) is 0 Å². The van der Waals surface area contributed by atoms with Crippen molar-refractivity contribution in [3.05, 3.63) is 36.3 Å². The summed E-state index contributed by atoms with van der Waals surface area (Å²) in [4.78, 5) is 18.5. The fraction of sp³-hybridized carbons (Fsp3) is 0.0769. The molecule has 0 atom stereocenters. The normalized spacial score (nSPS) is 11.8. The van der Waals surface area contributed by atoms with Crippen LogP contribution < -0.4 is 0 Å². The van der Waals surface area contributed by atoms with E-state index in [1.54, 1.807) is 6.20 Å². The molecule has 12 heteroatoms. The minimum absolute atomic E-state index is 0.0812. The number of nitriles is 1. The number of nitrogens with zero attached hydrogens (tertiary/aromatic N) is 7. The molecule has 0 aliphatic rings. The number of aromatic nitrogens is 8. The van der Waals surface area contributed by atoms with Gasteiger partial charge in [0.05, 0.1) is 6.33 Å². The third-order valence-electron chi connectivity index (χ3n) is 3.31. The predicted octanol–water partition coefficient (Wildman–Crippen LogP) is 1.79. The summed E-state index contributed by atoms with van der Waals surface area (Å²) in [6, 6.07) is 3.33. The van der Waals surface area contributed by atoms with Gasteiger partial charge in [-0.05, 0) is 6.07 Å². The summed E-state index contributed by atoms with van der Waals surface area (Å²) in [7, 11) is 0. The molecule has 124 valence electrons. The molecule has 4 aromatic heterocycles. The first-order valence-electron chi connectivity index (χ1n) is 6.75. The standard InChI is InChI=1S/C13H6F3N9/c14-13(15,16)11-22-10(23-24-11)8-9(7-4-18-5-19-7)25-2-1-6(3-17)20-12(25)21-8/h1-2,4-5H,(H,18,19)(H,22,23,24). The van der Waals surface area contributed by atoms with E-state index in [4.69, 9.17) is 5.26 Å². The van der Waals surface area contributed by atoms with Crippen LogP contribution in [0.1, 0.15) is 11.5 Å². The van der Waals surface area contributed by atoms with Crippen LogP contribution in [0.5, 0.6) is 0 Å². The molecule has 0 fully saturated rings. The molecule has 0 radical (unpaired) electrons. The van der Waals surface area contributed by atoms with Crippen LogP contribution in [0.15, 0.2) is 24.8 Å². The largest absolute Gasteiger partial charge is 0.453 e. The van der Waals surface area contributed by atoms with E-state index < -0.39 is 12.0 Å². The molecule has 0 aromatic carbocycles. The second-order valence-electron chi connectivity index (χ2n) is 4.86. The van der Waals surface area contributed by atoms with Gasteiger partial charge in [0.1, 0.15) is 28.8 Å². The van der Waals surface area contributed by atoms with Crippen LogP contribution in [0.2, 0.25) is 0 Å². The molecular weight excluding hydrogens is 339 g/mol. The van der Waals surface area contributed by atoms with Gasteiger partial charge in [-0.25, -0.2) is 19.9 Å². The van der Waals surface area contributed by atoms with Gasteiger partial charge in [-0.3, -0.25) is 9.50 Å². The summed E-state index contributed by atoms with van der Waals surface area (Å²) >= 11 is 0. The van der Waals surface area contributed by atoms with E-state index >= 15 is 0 Å². The Labute approximate surface area is 136 Å². The quantitative estimate of drug-likeness (QED) is 0.571. The summed E-state index contributed by atoms with van der Waals surface area (Å²) < 4.78 is 39.8. The number of H-pyrrole nitrogens is 2. The maximum Gasteiger partial charge on any atom is 0.453 e. The molecule has 0 unspecified atom stereocenters. The van der Waals surface area contributed by atoms with E-state index in [0.717, 1.165) is 0 Å². The number of nitrogens with one attached hydrogen (secondary N) is 2. The van der Waals surface area contributed by atoms with Gasteiger partial charge < -0.3 is 4.98 Å². The van der Waals surface area contributed by atoms with Crippen molar-refractivity contribution in [2.45, 2.75) is 6.18 Å². The van der Waals surface area contributed by atoms with Gasteiger partial charge in [0.25, 0.3) is 5.82 Å². The van der Waals surface area contributed by atoms with Gasteiger partial charge in [0.15, 0.2) is 5.82 Å². The molecule has 0 saturated heterocycles. The topological polar surface area (TPSA) is 124 Å². The fourth-order valence-corrected chi connectivity index (χ4v) is 2.29. The summed E-state index contributed by atoms with van der Waals surface area (Å²) in [6.07, 6.45) is -0.196. The van der Waals surface area contributed by atoms with Gasteiger partial charge in [-0.15, -0.1) is 5.10 Å². The molecular formula is C13H6F3N9.